The van der Waals surface area contributed by atoms with Gasteiger partial charge in [-0.25, -0.2) is 0 Å². The van der Waals surface area contributed by atoms with Gasteiger partial charge in [0.05, 0.1) is 11.0 Å². The lowest BCUT2D eigenvalue weighted by molar-refractivity contribution is -0.123. The lowest BCUT2D eigenvalue weighted by Gasteiger charge is -2.25. The van der Waals surface area contributed by atoms with Gasteiger partial charge in [0.15, 0.2) is 0 Å². The topological polar surface area (TPSA) is 92.9 Å². The van der Waals surface area contributed by atoms with Crippen LogP contribution in [0.25, 0.3) is 10.7 Å². The molecule has 0 aromatic carbocycles. The molecule has 0 radical (unpaired) electrons. The summed E-state index contributed by atoms with van der Waals surface area (Å²) in [5, 5.41) is 26.4. The number of nitrogens with zero attached hydrogens (tertiary/aromatic N) is 4. The molecule has 0 unspecified atom stereocenters. The molecular formula is C13H17N5O2S. The van der Waals surface area contributed by atoms with Crippen molar-refractivity contribution in [3.63, 3.8) is 0 Å². The number of aromatic nitrogens is 4. The average Bonchev–Trinajstić information content (AvgIpc) is 3.12. The molecule has 0 atom stereocenters. The van der Waals surface area contributed by atoms with Crippen LogP contribution in [0.5, 0.6) is 0 Å². The van der Waals surface area contributed by atoms with Crippen LogP contribution >= 0.6 is 11.3 Å². The minimum atomic E-state index is -0.219. The Hall–Kier alpha value is -1.80. The monoisotopic (exact) mass is 307 g/mol. The Morgan fingerprint density at radius 2 is 2.24 bits per heavy atom. The summed E-state index contributed by atoms with van der Waals surface area (Å²) >= 11 is 1.53. The van der Waals surface area contributed by atoms with Crippen LogP contribution in [0.3, 0.4) is 0 Å². The molecule has 0 spiro atoms. The molecule has 2 aromatic heterocycles. The van der Waals surface area contributed by atoms with E-state index >= 15 is 0 Å². The second-order valence-electron chi connectivity index (χ2n) is 5.19. The van der Waals surface area contributed by atoms with E-state index in [1.807, 2.05) is 17.5 Å². The second kappa shape index (κ2) is 6.31. The van der Waals surface area contributed by atoms with Gasteiger partial charge >= 0.3 is 0 Å². The maximum Gasteiger partial charge on any atom is 0.243 e. The summed E-state index contributed by atoms with van der Waals surface area (Å²) in [6.07, 6.45) is 2.91. The van der Waals surface area contributed by atoms with Crippen molar-refractivity contribution in [2.75, 3.05) is 0 Å². The first kappa shape index (κ1) is 14.2. The number of carbonyl (C=O) groups is 1. The number of hydrogen-bond donors (Lipinski definition) is 2. The number of aliphatic hydroxyl groups is 1. The molecule has 21 heavy (non-hydrogen) atoms. The Morgan fingerprint density at radius 1 is 1.43 bits per heavy atom. The van der Waals surface area contributed by atoms with Gasteiger partial charge in [-0.15, -0.1) is 21.5 Å². The van der Waals surface area contributed by atoms with Crippen LogP contribution in [0.15, 0.2) is 17.5 Å². The number of nitrogens with one attached hydrogen (secondary N) is 1. The first-order valence-electron chi connectivity index (χ1n) is 7.00. The van der Waals surface area contributed by atoms with Gasteiger partial charge < -0.3 is 10.4 Å². The number of hydrogen-bond acceptors (Lipinski definition) is 6. The summed E-state index contributed by atoms with van der Waals surface area (Å²) in [5.41, 5.74) is 0. The summed E-state index contributed by atoms with van der Waals surface area (Å²) < 4.78 is 0. The van der Waals surface area contributed by atoms with E-state index in [2.05, 4.69) is 20.7 Å². The number of tetrazole rings is 1. The molecule has 2 aromatic rings. The zero-order valence-corrected chi connectivity index (χ0v) is 12.3. The first-order valence-corrected chi connectivity index (χ1v) is 7.88. The van der Waals surface area contributed by atoms with Gasteiger partial charge in [-0.05, 0) is 42.3 Å². The first-order chi connectivity index (χ1) is 10.2. The van der Waals surface area contributed by atoms with Crippen molar-refractivity contribution < 1.29 is 9.90 Å². The third-order valence-corrected chi connectivity index (χ3v) is 4.41. The highest BCUT2D eigenvalue weighted by molar-refractivity contribution is 7.13. The molecule has 1 saturated carbocycles. The van der Waals surface area contributed by atoms with Crippen LogP contribution in [0.4, 0.5) is 0 Å². The van der Waals surface area contributed by atoms with Gasteiger partial charge in [0, 0.05) is 6.04 Å². The van der Waals surface area contributed by atoms with E-state index in [-0.39, 0.29) is 24.6 Å². The Kier molecular flexibility index (Phi) is 4.26. The summed E-state index contributed by atoms with van der Waals surface area (Å²) in [7, 11) is 0. The van der Waals surface area contributed by atoms with Crippen molar-refractivity contribution in [1.29, 1.82) is 0 Å². The Labute approximate surface area is 126 Å². The van der Waals surface area contributed by atoms with E-state index in [1.165, 1.54) is 16.1 Å². The van der Waals surface area contributed by atoms with Crippen molar-refractivity contribution in [3.05, 3.63) is 17.5 Å². The molecule has 1 aliphatic carbocycles. The predicted molar refractivity (Wildman–Crippen MR) is 77.5 cm³/mol. The molecule has 8 heteroatoms. The smallest absolute Gasteiger partial charge is 0.243 e. The van der Waals surface area contributed by atoms with Crippen LogP contribution in [0.1, 0.15) is 25.7 Å². The van der Waals surface area contributed by atoms with E-state index in [1.54, 1.807) is 0 Å². The average molecular weight is 307 g/mol. The molecule has 7 nitrogen and oxygen atoms in total. The molecule has 2 heterocycles. The third kappa shape index (κ3) is 3.64. The third-order valence-electron chi connectivity index (χ3n) is 3.54. The van der Waals surface area contributed by atoms with E-state index in [0.29, 0.717) is 5.82 Å². The largest absolute Gasteiger partial charge is 0.393 e. The normalized spacial score (nSPS) is 22.1. The maximum atomic E-state index is 12.0. The summed E-state index contributed by atoms with van der Waals surface area (Å²) in [6, 6.07) is 3.98. The summed E-state index contributed by atoms with van der Waals surface area (Å²) in [6.45, 7) is 0.0669. The molecule has 0 aliphatic heterocycles. The van der Waals surface area contributed by atoms with Crippen LogP contribution < -0.4 is 5.32 Å². The molecule has 0 saturated heterocycles. The van der Waals surface area contributed by atoms with Crippen LogP contribution in [-0.4, -0.2) is 43.4 Å². The van der Waals surface area contributed by atoms with Gasteiger partial charge in [-0.1, -0.05) is 6.07 Å². The number of carbonyl (C=O) groups excluding carboxylic acids is 1. The second-order valence-corrected chi connectivity index (χ2v) is 6.14. The number of amides is 1. The predicted octanol–water partition coefficient (Wildman–Crippen LogP) is 0.821. The van der Waals surface area contributed by atoms with Gasteiger partial charge in [0.2, 0.25) is 11.7 Å². The van der Waals surface area contributed by atoms with Crippen LogP contribution in [0.2, 0.25) is 0 Å². The highest BCUT2D eigenvalue weighted by atomic mass is 32.1. The minimum Gasteiger partial charge on any atom is -0.393 e. The number of thiophene rings is 1. The van der Waals surface area contributed by atoms with Crippen LogP contribution in [-0.2, 0) is 11.3 Å². The highest BCUT2D eigenvalue weighted by Gasteiger charge is 2.21. The van der Waals surface area contributed by atoms with Crippen molar-refractivity contribution in [2.24, 2.45) is 0 Å². The van der Waals surface area contributed by atoms with Crippen molar-refractivity contribution in [3.8, 4) is 10.7 Å². The summed E-state index contributed by atoms with van der Waals surface area (Å²) in [5.74, 6) is 0.421. The van der Waals surface area contributed by atoms with Gasteiger partial charge in [0.1, 0.15) is 6.54 Å². The van der Waals surface area contributed by atoms with Gasteiger partial charge in [-0.3, -0.25) is 4.79 Å². The van der Waals surface area contributed by atoms with Crippen molar-refractivity contribution in [2.45, 2.75) is 44.4 Å². The minimum absolute atomic E-state index is 0.0669. The molecule has 1 fully saturated rings. The molecule has 1 aliphatic rings. The fraction of sp³-hybridized carbons (Fsp3) is 0.538. The fourth-order valence-corrected chi connectivity index (χ4v) is 3.08. The zero-order chi connectivity index (χ0) is 14.7. The molecule has 112 valence electrons. The SMILES string of the molecule is O=C(Cn1nnc(-c2cccs2)n1)NC1CCC(O)CC1. The van der Waals surface area contributed by atoms with Crippen molar-refractivity contribution >= 4 is 17.2 Å². The van der Waals surface area contributed by atoms with Gasteiger partial charge in [-0.2, -0.15) is 4.80 Å². The molecular weight excluding hydrogens is 290 g/mol. The number of rotatable bonds is 4. The lowest BCUT2D eigenvalue weighted by atomic mass is 9.93. The van der Waals surface area contributed by atoms with E-state index in [0.717, 1.165) is 30.6 Å². The Bertz CT molecular complexity index is 589. The molecule has 1 amide bonds. The fourth-order valence-electron chi connectivity index (χ4n) is 2.44. The standard InChI is InChI=1S/C13H17N5O2S/c19-10-5-3-9(4-6-10)14-12(20)8-18-16-13(15-17-18)11-2-1-7-21-11/h1-2,7,9-10,19H,3-6,8H2,(H,14,20). The van der Waals surface area contributed by atoms with E-state index < -0.39 is 0 Å². The summed E-state index contributed by atoms with van der Waals surface area (Å²) in [4.78, 5) is 14.2. The molecule has 2 N–H and O–H groups in total. The molecule has 0 bridgehead atoms. The Balaban J connectivity index is 1.53. The van der Waals surface area contributed by atoms with Gasteiger partial charge in [0.25, 0.3) is 0 Å². The molecule has 3 rings (SSSR count). The van der Waals surface area contributed by atoms with Crippen molar-refractivity contribution in [1.82, 2.24) is 25.5 Å². The van der Waals surface area contributed by atoms with E-state index in [4.69, 9.17) is 0 Å². The van der Waals surface area contributed by atoms with E-state index in [9.17, 15) is 9.90 Å². The number of aliphatic hydroxyl groups excluding tert-OH is 1. The zero-order valence-electron chi connectivity index (χ0n) is 11.5. The quantitative estimate of drug-likeness (QED) is 0.872. The highest BCUT2D eigenvalue weighted by Crippen LogP contribution is 2.20. The maximum absolute atomic E-state index is 12.0. The van der Waals surface area contributed by atoms with Crippen LogP contribution in [0, 0.1) is 0 Å². The lowest BCUT2D eigenvalue weighted by Crippen LogP contribution is -2.40. The Morgan fingerprint density at radius 3 is 2.95 bits per heavy atom.